The van der Waals surface area contributed by atoms with Gasteiger partial charge in [0.05, 0.1) is 11.2 Å². The molecule has 1 heterocycles. The van der Waals surface area contributed by atoms with Gasteiger partial charge in [-0.2, -0.15) is 0 Å². The molecular weight excluding hydrogens is 380 g/mol. The fourth-order valence-electron chi connectivity index (χ4n) is 1.77. The molecule has 1 aromatic carbocycles. The fourth-order valence-corrected chi connectivity index (χ4v) is 2.86. The van der Waals surface area contributed by atoms with Crippen molar-refractivity contribution >= 4 is 51.1 Å². The highest BCUT2D eigenvalue weighted by atomic mass is 32.2. The van der Waals surface area contributed by atoms with E-state index in [0.717, 1.165) is 0 Å². The van der Waals surface area contributed by atoms with Gasteiger partial charge in [-0.25, -0.2) is 17.9 Å². The number of benzene rings is 1. The zero-order valence-electron chi connectivity index (χ0n) is 13.1. The Morgan fingerprint density at radius 2 is 1.85 bits per heavy atom. The molecule has 136 valence electrons. The second kappa shape index (κ2) is 8.27. The molecule has 0 unspecified atom stereocenters. The number of hydrogen-bond donors (Lipinski definition) is 4. The van der Waals surface area contributed by atoms with Crippen LogP contribution >= 0.6 is 12.2 Å². The molecule has 0 aliphatic carbocycles. The maximum Gasteiger partial charge on any atom is 0.326 e. The number of thiocarbonyl (C=S) groups is 1. The van der Waals surface area contributed by atoms with Crippen LogP contribution in [-0.2, 0) is 14.8 Å². The summed E-state index contributed by atoms with van der Waals surface area (Å²) >= 11 is 5.00. The number of sulfonamides is 1. The number of carbonyl (C=O) groups excluding carboxylic acids is 2. The van der Waals surface area contributed by atoms with Gasteiger partial charge in [-0.3, -0.25) is 10.1 Å². The minimum Gasteiger partial charge on any atom is -0.465 e. The Bertz CT molecular complexity index is 935. The van der Waals surface area contributed by atoms with Gasteiger partial charge < -0.3 is 15.5 Å². The third kappa shape index (κ3) is 5.72. The Morgan fingerprint density at radius 1 is 1.15 bits per heavy atom. The molecule has 0 atom stereocenters. The van der Waals surface area contributed by atoms with Crippen LogP contribution in [0.4, 0.5) is 10.5 Å². The molecule has 0 fully saturated rings. The standard InChI is InChI=1S/C15H14N4O5S2/c16-14(21)19-26(22,23)12-6-3-10(4-7-12)17-15(25)18-13(20)8-5-11-2-1-9-24-11/h1-9H,(H3,16,19,21)(H2,17,18,20,25). The number of primary amides is 1. The normalized spacial score (nSPS) is 11.1. The van der Waals surface area contributed by atoms with Crippen LogP contribution in [0, 0.1) is 0 Å². The topological polar surface area (TPSA) is 144 Å². The first-order chi connectivity index (χ1) is 12.3. The van der Waals surface area contributed by atoms with Crippen LogP contribution in [0.25, 0.3) is 6.08 Å². The van der Waals surface area contributed by atoms with E-state index in [1.165, 1.54) is 42.7 Å². The molecule has 0 saturated heterocycles. The van der Waals surface area contributed by atoms with Crippen LogP contribution < -0.4 is 21.1 Å². The van der Waals surface area contributed by atoms with E-state index in [-0.39, 0.29) is 10.0 Å². The number of carbonyl (C=O) groups is 2. The van der Waals surface area contributed by atoms with Gasteiger partial charge in [0.25, 0.3) is 10.0 Å². The molecule has 3 amide bonds. The lowest BCUT2D eigenvalue weighted by Gasteiger charge is -2.09. The van der Waals surface area contributed by atoms with Crippen molar-refractivity contribution in [3.05, 3.63) is 54.5 Å². The van der Waals surface area contributed by atoms with Crippen molar-refractivity contribution in [2.45, 2.75) is 4.90 Å². The van der Waals surface area contributed by atoms with Gasteiger partial charge in [-0.05, 0) is 54.7 Å². The van der Waals surface area contributed by atoms with Gasteiger partial charge in [0, 0.05) is 11.8 Å². The molecule has 26 heavy (non-hydrogen) atoms. The summed E-state index contributed by atoms with van der Waals surface area (Å²) in [6, 6.07) is 7.50. The third-order valence-electron chi connectivity index (χ3n) is 2.84. The van der Waals surface area contributed by atoms with Crippen molar-refractivity contribution in [3.8, 4) is 0 Å². The van der Waals surface area contributed by atoms with Gasteiger partial charge in [0.1, 0.15) is 5.76 Å². The molecule has 5 N–H and O–H groups in total. The number of nitrogens with two attached hydrogens (primary N) is 1. The highest BCUT2D eigenvalue weighted by Crippen LogP contribution is 2.13. The number of rotatable bonds is 5. The Balaban J connectivity index is 1.93. The second-order valence-electron chi connectivity index (χ2n) is 4.79. The molecule has 2 aromatic rings. The van der Waals surface area contributed by atoms with Gasteiger partial charge in [0.15, 0.2) is 5.11 Å². The van der Waals surface area contributed by atoms with Crippen molar-refractivity contribution in [3.63, 3.8) is 0 Å². The first-order valence-corrected chi connectivity index (χ1v) is 8.91. The molecule has 0 aliphatic rings. The van der Waals surface area contributed by atoms with E-state index in [1.54, 1.807) is 16.9 Å². The minimum absolute atomic E-state index is 0.0185. The number of anilines is 1. The molecule has 0 spiro atoms. The number of hydrogen-bond acceptors (Lipinski definition) is 6. The summed E-state index contributed by atoms with van der Waals surface area (Å²) < 4.78 is 30.2. The third-order valence-corrected chi connectivity index (χ3v) is 4.40. The molecule has 0 radical (unpaired) electrons. The van der Waals surface area contributed by atoms with Crippen molar-refractivity contribution in [1.82, 2.24) is 10.0 Å². The van der Waals surface area contributed by atoms with Crippen LogP contribution in [-0.4, -0.2) is 25.5 Å². The Morgan fingerprint density at radius 3 is 2.42 bits per heavy atom. The summed E-state index contributed by atoms with van der Waals surface area (Å²) in [6.45, 7) is 0. The molecule has 0 saturated carbocycles. The summed E-state index contributed by atoms with van der Waals surface area (Å²) in [7, 11) is -4.03. The first kappa shape index (κ1) is 19.1. The van der Waals surface area contributed by atoms with E-state index in [2.05, 4.69) is 10.6 Å². The highest BCUT2D eigenvalue weighted by Gasteiger charge is 2.15. The van der Waals surface area contributed by atoms with E-state index in [0.29, 0.717) is 11.4 Å². The largest absolute Gasteiger partial charge is 0.465 e. The van der Waals surface area contributed by atoms with E-state index in [1.807, 2.05) is 0 Å². The SMILES string of the molecule is NC(=O)NS(=O)(=O)c1ccc(NC(=S)NC(=O)C=Cc2ccco2)cc1. The first-order valence-electron chi connectivity index (χ1n) is 7.02. The predicted octanol–water partition coefficient (Wildman–Crippen LogP) is 1.16. The summed E-state index contributed by atoms with van der Waals surface area (Å²) in [5, 5.41) is 5.16. The average Bonchev–Trinajstić information content (AvgIpc) is 3.05. The van der Waals surface area contributed by atoms with Crippen molar-refractivity contribution in [2.24, 2.45) is 5.73 Å². The lowest BCUT2D eigenvalue weighted by Crippen LogP contribution is -2.35. The van der Waals surface area contributed by atoms with Crippen molar-refractivity contribution in [2.75, 3.05) is 5.32 Å². The monoisotopic (exact) mass is 394 g/mol. The van der Waals surface area contributed by atoms with E-state index >= 15 is 0 Å². The van der Waals surface area contributed by atoms with Crippen molar-refractivity contribution in [1.29, 1.82) is 0 Å². The second-order valence-corrected chi connectivity index (χ2v) is 6.88. The van der Waals surface area contributed by atoms with Gasteiger partial charge in [-0.15, -0.1) is 0 Å². The summed E-state index contributed by atoms with van der Waals surface area (Å²) in [6.07, 6.45) is 4.20. The lowest BCUT2D eigenvalue weighted by molar-refractivity contribution is -0.115. The fraction of sp³-hybridized carbons (Fsp3) is 0. The van der Waals surface area contributed by atoms with Crippen LogP contribution in [0.15, 0.2) is 58.1 Å². The Labute approximate surface area is 154 Å². The zero-order chi connectivity index (χ0) is 19.2. The molecular formula is C15H14N4O5S2. The van der Waals surface area contributed by atoms with Crippen LogP contribution in [0.2, 0.25) is 0 Å². The molecule has 0 aliphatic heterocycles. The molecule has 2 rings (SSSR count). The zero-order valence-corrected chi connectivity index (χ0v) is 14.8. The maximum atomic E-state index is 11.8. The smallest absolute Gasteiger partial charge is 0.326 e. The number of nitrogens with one attached hydrogen (secondary N) is 3. The Kier molecular flexibility index (Phi) is 6.09. The van der Waals surface area contributed by atoms with Gasteiger partial charge in [0.2, 0.25) is 5.91 Å². The number of amides is 3. The van der Waals surface area contributed by atoms with Gasteiger partial charge in [-0.1, -0.05) is 0 Å². The summed E-state index contributed by atoms with van der Waals surface area (Å²) in [5.74, 6) is 0.0455. The number of urea groups is 1. The van der Waals surface area contributed by atoms with E-state index < -0.39 is 22.0 Å². The van der Waals surface area contributed by atoms with Crippen LogP contribution in [0.1, 0.15) is 5.76 Å². The molecule has 1 aromatic heterocycles. The maximum absolute atomic E-state index is 11.8. The van der Waals surface area contributed by atoms with Crippen molar-refractivity contribution < 1.29 is 22.4 Å². The quantitative estimate of drug-likeness (QED) is 0.440. The molecule has 0 bridgehead atoms. The summed E-state index contributed by atoms with van der Waals surface area (Å²) in [4.78, 5) is 22.3. The molecule has 11 heteroatoms. The van der Waals surface area contributed by atoms with E-state index in [4.69, 9.17) is 22.4 Å². The van der Waals surface area contributed by atoms with E-state index in [9.17, 15) is 18.0 Å². The van der Waals surface area contributed by atoms with Crippen LogP contribution in [0.3, 0.4) is 0 Å². The van der Waals surface area contributed by atoms with Gasteiger partial charge >= 0.3 is 6.03 Å². The minimum atomic E-state index is -4.03. The average molecular weight is 394 g/mol. The highest BCUT2D eigenvalue weighted by molar-refractivity contribution is 7.90. The van der Waals surface area contributed by atoms with Crippen LogP contribution in [0.5, 0.6) is 0 Å². The number of furan rings is 1. The summed E-state index contributed by atoms with van der Waals surface area (Å²) in [5.41, 5.74) is 5.24. The molecule has 9 nitrogen and oxygen atoms in total. The Hall–Kier alpha value is -3.18. The lowest BCUT2D eigenvalue weighted by atomic mass is 10.3. The predicted molar refractivity (Wildman–Crippen MR) is 98.5 cm³/mol.